The second-order valence-corrected chi connectivity index (χ2v) is 4.48. The van der Waals surface area contributed by atoms with Crippen LogP contribution in [0.15, 0.2) is 23.2 Å². The summed E-state index contributed by atoms with van der Waals surface area (Å²) in [6.45, 7) is 2.94. The molecule has 2 aromatic rings. The highest BCUT2D eigenvalue weighted by atomic mass is 79.9. The Morgan fingerprint density at radius 1 is 1.47 bits per heavy atom. The smallest absolute Gasteiger partial charge is 0.238 e. The van der Waals surface area contributed by atoms with Crippen molar-refractivity contribution in [2.75, 3.05) is 0 Å². The number of aromatic nitrogens is 4. The normalized spacial score (nSPS) is 10.5. The molecule has 0 N–H and O–H groups in total. The van der Waals surface area contributed by atoms with Crippen molar-refractivity contribution in [2.24, 2.45) is 0 Å². The number of hydrogen-bond acceptors (Lipinski definition) is 4. The molecule has 0 saturated heterocycles. The molecule has 0 radical (unpaired) electrons. The molecule has 0 atom stereocenters. The number of nitrogens with zero attached hydrogens (tertiary/aromatic N) is 4. The van der Waals surface area contributed by atoms with Gasteiger partial charge in [-0.1, -0.05) is 18.5 Å². The quantitative estimate of drug-likeness (QED) is 0.812. The van der Waals surface area contributed by atoms with Crippen LogP contribution >= 0.6 is 27.5 Å². The topological polar surface area (TPSA) is 52.8 Å². The lowest BCUT2D eigenvalue weighted by Crippen LogP contribution is -1.95. The summed E-state index contributed by atoms with van der Waals surface area (Å²) in [5.74, 6) is 0.995. The minimum Gasteiger partial charge on any atom is -0.434 e. The van der Waals surface area contributed by atoms with Gasteiger partial charge in [0.05, 0.1) is 12.4 Å². The summed E-state index contributed by atoms with van der Waals surface area (Å²) in [6, 6.07) is 0. The standard InChI is InChI=1S/C10H10BrClN4O/c1-2-3-16-5-7(4-15-16)17-10-8(11)9(12)13-6-14-10/h4-6H,2-3H2,1H3. The largest absolute Gasteiger partial charge is 0.434 e. The molecule has 0 saturated carbocycles. The Hall–Kier alpha value is -1.14. The maximum atomic E-state index is 5.84. The zero-order valence-corrected chi connectivity index (χ0v) is 11.4. The maximum Gasteiger partial charge on any atom is 0.238 e. The summed E-state index contributed by atoms with van der Waals surface area (Å²) in [6.07, 6.45) is 5.81. The highest BCUT2D eigenvalue weighted by molar-refractivity contribution is 9.10. The van der Waals surface area contributed by atoms with Crippen LogP contribution in [-0.2, 0) is 6.54 Å². The van der Waals surface area contributed by atoms with E-state index in [1.807, 2.05) is 10.9 Å². The number of rotatable bonds is 4. The number of aryl methyl sites for hydroxylation is 1. The van der Waals surface area contributed by atoms with Crippen LogP contribution in [0.1, 0.15) is 13.3 Å². The van der Waals surface area contributed by atoms with E-state index in [9.17, 15) is 0 Å². The lowest BCUT2D eigenvalue weighted by atomic mass is 10.5. The molecule has 2 heterocycles. The summed E-state index contributed by atoms with van der Waals surface area (Å²) in [5, 5.41) is 4.47. The summed E-state index contributed by atoms with van der Waals surface area (Å²) in [7, 11) is 0. The van der Waals surface area contributed by atoms with Gasteiger partial charge in [0.2, 0.25) is 5.88 Å². The first-order valence-electron chi connectivity index (χ1n) is 5.07. The van der Waals surface area contributed by atoms with E-state index in [1.165, 1.54) is 6.33 Å². The van der Waals surface area contributed by atoms with Gasteiger partial charge in [-0.2, -0.15) is 5.10 Å². The Labute approximate surface area is 112 Å². The number of hydrogen-bond donors (Lipinski definition) is 0. The molecule has 0 aliphatic rings. The fraction of sp³-hybridized carbons (Fsp3) is 0.300. The van der Waals surface area contributed by atoms with Crippen LogP contribution in [0.4, 0.5) is 0 Å². The van der Waals surface area contributed by atoms with E-state index in [0.29, 0.717) is 21.3 Å². The average Bonchev–Trinajstić information content (AvgIpc) is 2.73. The second kappa shape index (κ2) is 5.46. The van der Waals surface area contributed by atoms with Crippen LogP contribution in [0.2, 0.25) is 5.15 Å². The van der Waals surface area contributed by atoms with Gasteiger partial charge in [0.25, 0.3) is 0 Å². The highest BCUT2D eigenvalue weighted by Gasteiger charge is 2.10. The minimum absolute atomic E-state index is 0.316. The van der Waals surface area contributed by atoms with Gasteiger partial charge in [-0.3, -0.25) is 4.68 Å². The molecule has 0 amide bonds. The van der Waals surface area contributed by atoms with E-state index < -0.39 is 0 Å². The molecular weight excluding hydrogens is 307 g/mol. The van der Waals surface area contributed by atoms with Crippen LogP contribution in [-0.4, -0.2) is 19.7 Å². The maximum absolute atomic E-state index is 5.84. The van der Waals surface area contributed by atoms with Gasteiger partial charge >= 0.3 is 0 Å². The Balaban J connectivity index is 2.16. The molecule has 2 rings (SSSR count). The highest BCUT2D eigenvalue weighted by Crippen LogP contribution is 2.31. The van der Waals surface area contributed by atoms with Crippen molar-refractivity contribution in [2.45, 2.75) is 19.9 Å². The van der Waals surface area contributed by atoms with Gasteiger partial charge in [0, 0.05) is 6.54 Å². The molecule has 0 aromatic carbocycles. The Morgan fingerprint density at radius 2 is 2.29 bits per heavy atom. The second-order valence-electron chi connectivity index (χ2n) is 3.32. The summed E-state index contributed by atoms with van der Waals surface area (Å²) in [4.78, 5) is 7.81. The molecule has 7 heteroatoms. The van der Waals surface area contributed by atoms with Crippen molar-refractivity contribution in [3.05, 3.63) is 28.3 Å². The fourth-order valence-corrected chi connectivity index (χ4v) is 1.68. The molecule has 17 heavy (non-hydrogen) atoms. The molecule has 5 nitrogen and oxygen atoms in total. The van der Waals surface area contributed by atoms with Crippen molar-refractivity contribution in [3.63, 3.8) is 0 Å². The zero-order valence-electron chi connectivity index (χ0n) is 9.10. The van der Waals surface area contributed by atoms with Crippen molar-refractivity contribution >= 4 is 27.5 Å². The van der Waals surface area contributed by atoms with Crippen LogP contribution in [0.3, 0.4) is 0 Å². The first kappa shape index (κ1) is 12.3. The van der Waals surface area contributed by atoms with Gasteiger partial charge in [-0.05, 0) is 22.4 Å². The lowest BCUT2D eigenvalue weighted by Gasteiger charge is -2.03. The van der Waals surface area contributed by atoms with E-state index in [2.05, 4.69) is 37.9 Å². The van der Waals surface area contributed by atoms with E-state index >= 15 is 0 Å². The van der Waals surface area contributed by atoms with E-state index in [-0.39, 0.29) is 0 Å². The van der Waals surface area contributed by atoms with E-state index in [1.54, 1.807) is 6.20 Å². The fourth-order valence-electron chi connectivity index (χ4n) is 1.27. The van der Waals surface area contributed by atoms with Crippen molar-refractivity contribution in [1.29, 1.82) is 0 Å². The van der Waals surface area contributed by atoms with Gasteiger partial charge < -0.3 is 4.74 Å². The molecule has 0 spiro atoms. The molecule has 0 unspecified atom stereocenters. The van der Waals surface area contributed by atoms with Crippen molar-refractivity contribution in [1.82, 2.24) is 19.7 Å². The molecular formula is C10H10BrClN4O. The predicted molar refractivity (Wildman–Crippen MR) is 67.3 cm³/mol. The molecule has 90 valence electrons. The third kappa shape index (κ3) is 2.95. The van der Waals surface area contributed by atoms with Gasteiger partial charge in [-0.15, -0.1) is 0 Å². The molecule has 0 bridgehead atoms. The third-order valence-corrected chi connectivity index (χ3v) is 3.22. The molecule has 0 aliphatic carbocycles. The van der Waals surface area contributed by atoms with E-state index in [0.717, 1.165) is 13.0 Å². The Bertz CT molecular complexity index is 517. The lowest BCUT2D eigenvalue weighted by molar-refractivity contribution is 0.456. The van der Waals surface area contributed by atoms with Crippen molar-refractivity contribution in [3.8, 4) is 11.6 Å². The van der Waals surface area contributed by atoms with Gasteiger partial charge in [0.15, 0.2) is 10.9 Å². The molecule has 0 aliphatic heterocycles. The summed E-state index contributed by atoms with van der Waals surface area (Å²) in [5.41, 5.74) is 0. The average molecular weight is 318 g/mol. The first-order valence-corrected chi connectivity index (χ1v) is 6.24. The van der Waals surface area contributed by atoms with Crippen LogP contribution in [0.25, 0.3) is 0 Å². The van der Waals surface area contributed by atoms with Gasteiger partial charge in [0.1, 0.15) is 10.8 Å². The van der Waals surface area contributed by atoms with Crippen molar-refractivity contribution < 1.29 is 4.74 Å². The third-order valence-electron chi connectivity index (χ3n) is 1.99. The number of ether oxygens (including phenoxy) is 1. The summed E-state index contributed by atoms with van der Waals surface area (Å²) < 4.78 is 7.90. The summed E-state index contributed by atoms with van der Waals surface area (Å²) >= 11 is 9.10. The predicted octanol–water partition coefficient (Wildman–Crippen LogP) is 3.29. The molecule has 2 aromatic heterocycles. The minimum atomic E-state index is 0.316. The molecule has 0 fully saturated rings. The SMILES string of the molecule is CCCn1cc(Oc2ncnc(Cl)c2Br)cn1. The van der Waals surface area contributed by atoms with Gasteiger partial charge in [-0.25, -0.2) is 9.97 Å². The van der Waals surface area contributed by atoms with Crippen LogP contribution in [0.5, 0.6) is 11.6 Å². The van der Waals surface area contributed by atoms with Crippen LogP contribution < -0.4 is 4.74 Å². The Kier molecular flexibility index (Phi) is 3.96. The number of halogens is 2. The first-order chi connectivity index (χ1) is 8.20. The van der Waals surface area contributed by atoms with E-state index in [4.69, 9.17) is 16.3 Å². The van der Waals surface area contributed by atoms with Crippen LogP contribution in [0, 0.1) is 0 Å². The zero-order chi connectivity index (χ0) is 12.3. The monoisotopic (exact) mass is 316 g/mol. The Morgan fingerprint density at radius 3 is 3.06 bits per heavy atom.